The molecule has 2 aliphatic carbocycles. The van der Waals surface area contributed by atoms with E-state index in [1.54, 1.807) is 24.3 Å². The summed E-state index contributed by atoms with van der Waals surface area (Å²) in [6, 6.07) is 7.11. The first-order valence-corrected chi connectivity index (χ1v) is 8.68. The van der Waals surface area contributed by atoms with Gasteiger partial charge in [0.05, 0.1) is 12.1 Å². The maximum Gasteiger partial charge on any atom is 0.341 e. The van der Waals surface area contributed by atoms with Gasteiger partial charge < -0.3 is 15.2 Å². The van der Waals surface area contributed by atoms with E-state index in [-0.39, 0.29) is 17.7 Å². The molecule has 1 aliphatic heterocycles. The highest BCUT2D eigenvalue weighted by atomic mass is 16.5. The summed E-state index contributed by atoms with van der Waals surface area (Å²) in [7, 11) is 0. The van der Waals surface area contributed by atoms with Crippen LogP contribution < -0.4 is 10.1 Å². The van der Waals surface area contributed by atoms with Gasteiger partial charge in [-0.15, -0.1) is 0 Å². The number of allylic oxidation sites excluding steroid dienone is 3. The number of nitrogens with one attached hydrogen (secondary N) is 1. The van der Waals surface area contributed by atoms with Gasteiger partial charge in [0.1, 0.15) is 5.75 Å². The standard InChI is InChI=1S/C21H18N2O4/c1-21(2)15-8-12(27-10-17(24)25)4-6-13(15)19(26)18-14-5-3-11(9-22)7-16(14)23-20(18)21/h3-8,14,16,23H,10H2,1-2H3,(H,24,25). The molecule has 6 heteroatoms. The predicted molar refractivity (Wildman–Crippen MR) is 97.2 cm³/mol. The van der Waals surface area contributed by atoms with E-state index in [1.165, 1.54) is 0 Å². The molecule has 2 N–H and O–H groups in total. The minimum Gasteiger partial charge on any atom is -0.482 e. The van der Waals surface area contributed by atoms with E-state index < -0.39 is 18.0 Å². The van der Waals surface area contributed by atoms with Crippen molar-refractivity contribution >= 4 is 11.8 Å². The van der Waals surface area contributed by atoms with Crippen molar-refractivity contribution in [1.29, 1.82) is 5.26 Å². The first-order chi connectivity index (χ1) is 12.8. The van der Waals surface area contributed by atoms with Gasteiger partial charge in [0.2, 0.25) is 0 Å². The molecule has 0 amide bonds. The summed E-state index contributed by atoms with van der Waals surface area (Å²) >= 11 is 0. The number of ketones is 1. The summed E-state index contributed by atoms with van der Waals surface area (Å²) in [4.78, 5) is 24.0. The smallest absolute Gasteiger partial charge is 0.341 e. The molecule has 0 fully saturated rings. The zero-order valence-corrected chi connectivity index (χ0v) is 14.9. The van der Waals surface area contributed by atoms with E-state index >= 15 is 0 Å². The van der Waals surface area contributed by atoms with Gasteiger partial charge in [-0.1, -0.05) is 19.9 Å². The average Bonchev–Trinajstić information content (AvgIpc) is 3.04. The number of nitriles is 1. The van der Waals surface area contributed by atoms with Crippen molar-refractivity contribution in [2.24, 2.45) is 5.92 Å². The van der Waals surface area contributed by atoms with Gasteiger partial charge in [0, 0.05) is 33.7 Å². The molecule has 3 aliphatic rings. The number of benzene rings is 1. The second kappa shape index (κ2) is 5.85. The van der Waals surface area contributed by atoms with Gasteiger partial charge in [-0.2, -0.15) is 5.26 Å². The molecule has 27 heavy (non-hydrogen) atoms. The van der Waals surface area contributed by atoms with Crippen LogP contribution in [0.3, 0.4) is 0 Å². The minimum atomic E-state index is -1.05. The van der Waals surface area contributed by atoms with Crippen molar-refractivity contribution in [3.8, 4) is 11.8 Å². The van der Waals surface area contributed by atoms with Crippen LogP contribution in [-0.2, 0) is 10.2 Å². The second-order valence-corrected chi connectivity index (χ2v) is 7.42. The van der Waals surface area contributed by atoms with E-state index in [0.29, 0.717) is 16.9 Å². The van der Waals surface area contributed by atoms with Crippen LogP contribution in [0.25, 0.3) is 0 Å². The molecule has 0 saturated carbocycles. The fourth-order valence-corrected chi connectivity index (χ4v) is 4.11. The third kappa shape index (κ3) is 2.55. The topological polar surface area (TPSA) is 99.4 Å². The molecule has 0 bridgehead atoms. The Labute approximate surface area is 156 Å². The summed E-state index contributed by atoms with van der Waals surface area (Å²) in [5.41, 5.74) is 3.09. The van der Waals surface area contributed by atoms with Crippen molar-refractivity contribution in [2.45, 2.75) is 25.3 Å². The number of rotatable bonds is 3. The van der Waals surface area contributed by atoms with Crippen LogP contribution in [0.2, 0.25) is 0 Å². The Morgan fingerprint density at radius 1 is 1.41 bits per heavy atom. The maximum atomic E-state index is 13.2. The molecule has 0 aromatic heterocycles. The van der Waals surface area contributed by atoms with Crippen molar-refractivity contribution < 1.29 is 19.4 Å². The summed E-state index contributed by atoms with van der Waals surface area (Å²) in [6.07, 6.45) is 5.54. The third-order valence-corrected chi connectivity index (χ3v) is 5.41. The highest BCUT2D eigenvalue weighted by Gasteiger charge is 2.47. The lowest BCUT2D eigenvalue weighted by Crippen LogP contribution is -2.36. The van der Waals surface area contributed by atoms with Crippen molar-refractivity contribution in [3.63, 3.8) is 0 Å². The molecule has 136 valence electrons. The van der Waals surface area contributed by atoms with Crippen LogP contribution in [0.5, 0.6) is 5.75 Å². The van der Waals surface area contributed by atoms with E-state index in [0.717, 1.165) is 16.8 Å². The summed E-state index contributed by atoms with van der Waals surface area (Å²) in [6.45, 7) is 3.62. The number of carbonyl (C=O) groups excluding carboxylic acids is 1. The van der Waals surface area contributed by atoms with Gasteiger partial charge in [0.25, 0.3) is 0 Å². The molecule has 6 nitrogen and oxygen atoms in total. The maximum absolute atomic E-state index is 13.2. The van der Waals surface area contributed by atoms with Gasteiger partial charge >= 0.3 is 5.97 Å². The van der Waals surface area contributed by atoms with E-state index in [4.69, 9.17) is 15.1 Å². The Bertz CT molecular complexity index is 1010. The molecule has 1 aromatic carbocycles. The van der Waals surface area contributed by atoms with E-state index in [1.807, 2.05) is 26.0 Å². The predicted octanol–water partition coefficient (Wildman–Crippen LogP) is 2.49. The Morgan fingerprint density at radius 2 is 2.19 bits per heavy atom. The largest absolute Gasteiger partial charge is 0.482 e. The molecule has 1 aromatic rings. The number of hydrogen-bond acceptors (Lipinski definition) is 5. The molecule has 2 unspecified atom stereocenters. The first kappa shape index (κ1) is 17.1. The SMILES string of the molecule is CC1(C)C2=C(C(=O)c3ccc(OCC(=O)O)cc31)C1C=CC(C#N)=CC1N2. The lowest BCUT2D eigenvalue weighted by atomic mass is 9.70. The Balaban J connectivity index is 1.76. The third-order valence-electron chi connectivity index (χ3n) is 5.41. The Hall–Kier alpha value is -3.33. The highest BCUT2D eigenvalue weighted by molar-refractivity contribution is 6.13. The van der Waals surface area contributed by atoms with Crippen LogP contribution in [0, 0.1) is 17.2 Å². The van der Waals surface area contributed by atoms with Gasteiger partial charge in [-0.3, -0.25) is 4.79 Å². The molecule has 0 radical (unpaired) electrons. The second-order valence-electron chi connectivity index (χ2n) is 7.42. The normalized spacial score (nSPS) is 24.2. The van der Waals surface area contributed by atoms with E-state index in [9.17, 15) is 9.59 Å². The quantitative estimate of drug-likeness (QED) is 0.857. The molecular formula is C21H18N2O4. The summed E-state index contributed by atoms with van der Waals surface area (Å²) < 4.78 is 5.29. The van der Waals surface area contributed by atoms with Gasteiger partial charge in [-0.25, -0.2) is 4.79 Å². The Kier molecular flexibility index (Phi) is 3.70. The fourth-order valence-electron chi connectivity index (χ4n) is 4.11. The molecule has 1 heterocycles. The number of hydrogen-bond donors (Lipinski definition) is 2. The number of ether oxygens (including phenoxy) is 1. The van der Waals surface area contributed by atoms with Crippen LogP contribution in [0.4, 0.5) is 0 Å². The number of fused-ring (bicyclic) bond motifs is 3. The number of Topliss-reactive ketones (excluding diaryl/α,β-unsaturated/α-hetero) is 1. The van der Waals surface area contributed by atoms with Gasteiger partial charge in [0.15, 0.2) is 12.4 Å². The fraction of sp³-hybridized carbons (Fsp3) is 0.286. The molecular weight excluding hydrogens is 344 g/mol. The lowest BCUT2D eigenvalue weighted by Gasteiger charge is -2.34. The summed E-state index contributed by atoms with van der Waals surface area (Å²) in [5, 5.41) is 21.4. The zero-order chi connectivity index (χ0) is 19.3. The van der Waals surface area contributed by atoms with Crippen LogP contribution >= 0.6 is 0 Å². The Morgan fingerprint density at radius 3 is 2.89 bits per heavy atom. The monoisotopic (exact) mass is 362 g/mol. The highest BCUT2D eigenvalue weighted by Crippen LogP contribution is 2.47. The van der Waals surface area contributed by atoms with E-state index in [2.05, 4.69) is 11.4 Å². The number of nitrogens with zero attached hydrogens (tertiary/aromatic N) is 1. The first-order valence-electron chi connectivity index (χ1n) is 8.68. The summed E-state index contributed by atoms with van der Waals surface area (Å²) in [5.74, 6) is -0.771. The lowest BCUT2D eigenvalue weighted by molar-refractivity contribution is -0.139. The van der Waals surface area contributed by atoms with Crippen molar-refractivity contribution in [3.05, 3.63) is 64.4 Å². The van der Waals surface area contributed by atoms with Crippen LogP contribution in [-0.4, -0.2) is 29.5 Å². The minimum absolute atomic E-state index is 0.0393. The van der Waals surface area contributed by atoms with Gasteiger partial charge in [-0.05, 0) is 35.9 Å². The zero-order valence-electron chi connectivity index (χ0n) is 14.9. The number of carboxylic acids is 1. The van der Waals surface area contributed by atoms with Crippen LogP contribution in [0.15, 0.2) is 53.3 Å². The van der Waals surface area contributed by atoms with Crippen molar-refractivity contribution in [2.75, 3.05) is 6.61 Å². The molecule has 0 spiro atoms. The number of carbonyl (C=O) groups is 2. The molecule has 4 rings (SSSR count). The number of aliphatic carboxylic acids is 1. The molecule has 0 saturated heterocycles. The van der Waals surface area contributed by atoms with Crippen molar-refractivity contribution in [1.82, 2.24) is 5.32 Å². The average molecular weight is 362 g/mol. The van der Waals surface area contributed by atoms with Crippen LogP contribution in [0.1, 0.15) is 29.8 Å². The number of carboxylic acid groups (broad SMARTS) is 1. The molecule has 2 atom stereocenters.